The molecule has 0 radical (unpaired) electrons. The van der Waals surface area contributed by atoms with Crippen molar-refractivity contribution in [1.82, 2.24) is 10.3 Å². The second-order valence-electron chi connectivity index (χ2n) is 4.38. The van der Waals surface area contributed by atoms with E-state index >= 15 is 0 Å². The van der Waals surface area contributed by atoms with E-state index in [4.69, 9.17) is 0 Å². The molecule has 98 valence electrons. The molecule has 0 spiro atoms. The molecule has 1 heterocycles. The molecule has 0 aromatic carbocycles. The first-order valence-electron chi connectivity index (χ1n) is 6.60. The minimum Gasteiger partial charge on any atom is -0.348 e. The zero-order chi connectivity index (χ0) is 12.7. The van der Waals surface area contributed by atoms with E-state index in [0.717, 1.165) is 23.9 Å². The highest BCUT2D eigenvalue weighted by atomic mass is 32.1. The molecule has 0 aliphatic heterocycles. The zero-order valence-electron chi connectivity index (χ0n) is 11.5. The highest BCUT2D eigenvalue weighted by Crippen LogP contribution is 2.23. The van der Waals surface area contributed by atoms with Gasteiger partial charge < -0.3 is 10.2 Å². The van der Waals surface area contributed by atoms with Crippen LogP contribution in [0.4, 0.5) is 5.13 Å². The Balaban J connectivity index is 2.54. The number of nitrogens with zero attached hydrogens (tertiary/aromatic N) is 2. The zero-order valence-corrected chi connectivity index (χ0v) is 12.3. The molecule has 0 saturated carbocycles. The first-order chi connectivity index (χ1) is 8.22. The van der Waals surface area contributed by atoms with Crippen molar-refractivity contribution in [2.75, 3.05) is 18.5 Å². The number of nitrogens with one attached hydrogen (secondary N) is 1. The number of rotatable bonds is 8. The Morgan fingerprint density at radius 2 is 2.06 bits per heavy atom. The van der Waals surface area contributed by atoms with Gasteiger partial charge in [0.05, 0.1) is 5.69 Å². The van der Waals surface area contributed by atoms with Gasteiger partial charge >= 0.3 is 0 Å². The van der Waals surface area contributed by atoms with Gasteiger partial charge in [0.25, 0.3) is 0 Å². The first-order valence-corrected chi connectivity index (χ1v) is 7.48. The molecule has 3 nitrogen and oxygen atoms in total. The Kier molecular flexibility index (Phi) is 6.52. The van der Waals surface area contributed by atoms with Gasteiger partial charge in [0.1, 0.15) is 0 Å². The lowest BCUT2D eigenvalue weighted by Crippen LogP contribution is -2.30. The molecule has 1 aromatic heterocycles. The van der Waals surface area contributed by atoms with Gasteiger partial charge in [0.15, 0.2) is 5.13 Å². The third kappa shape index (κ3) is 4.28. The van der Waals surface area contributed by atoms with Gasteiger partial charge in [-0.15, -0.1) is 11.3 Å². The van der Waals surface area contributed by atoms with Crippen LogP contribution < -0.4 is 10.2 Å². The molecule has 0 atom stereocenters. The van der Waals surface area contributed by atoms with E-state index in [-0.39, 0.29) is 0 Å². The predicted molar refractivity (Wildman–Crippen MR) is 76.9 cm³/mol. The van der Waals surface area contributed by atoms with Gasteiger partial charge in [0, 0.05) is 25.0 Å². The van der Waals surface area contributed by atoms with E-state index < -0.39 is 0 Å². The van der Waals surface area contributed by atoms with Gasteiger partial charge in [-0.3, -0.25) is 0 Å². The van der Waals surface area contributed by atoms with Crippen molar-refractivity contribution in [3.63, 3.8) is 0 Å². The van der Waals surface area contributed by atoms with Crippen LogP contribution in [0.1, 0.15) is 45.7 Å². The summed E-state index contributed by atoms with van der Waals surface area (Å²) in [6.07, 6.45) is 3.52. The van der Waals surface area contributed by atoms with Crippen LogP contribution in [-0.4, -0.2) is 24.6 Å². The topological polar surface area (TPSA) is 28.2 Å². The number of aromatic nitrogens is 1. The maximum absolute atomic E-state index is 4.68. The lowest BCUT2D eigenvalue weighted by molar-refractivity contribution is 0.589. The molecule has 17 heavy (non-hydrogen) atoms. The predicted octanol–water partition coefficient (Wildman–Crippen LogP) is 3.27. The molecule has 4 heteroatoms. The second-order valence-corrected chi connectivity index (χ2v) is 5.22. The average Bonchev–Trinajstić information content (AvgIpc) is 2.79. The summed E-state index contributed by atoms with van der Waals surface area (Å²) in [7, 11) is 2.15. The molecule has 0 aliphatic carbocycles. The molecule has 0 bridgehead atoms. The number of thiazole rings is 1. The standard InChI is InChI=1S/C13H25N3S/c1-5-8-14-9-11-10-17-13(15-11)16(4)12(6-2)7-3/h10,12,14H,5-9H2,1-4H3. The van der Waals surface area contributed by atoms with Crippen LogP contribution in [0, 0.1) is 0 Å². The molecule has 0 aliphatic rings. The molecule has 0 fully saturated rings. The third-order valence-electron chi connectivity index (χ3n) is 3.06. The lowest BCUT2D eigenvalue weighted by Gasteiger charge is -2.25. The summed E-state index contributed by atoms with van der Waals surface area (Å²) in [4.78, 5) is 6.99. The Bertz CT molecular complexity index is 307. The Morgan fingerprint density at radius 1 is 1.35 bits per heavy atom. The van der Waals surface area contributed by atoms with Crippen molar-refractivity contribution in [2.24, 2.45) is 0 Å². The summed E-state index contributed by atoms with van der Waals surface area (Å²) in [5.41, 5.74) is 1.16. The van der Waals surface area contributed by atoms with Crippen molar-refractivity contribution in [2.45, 2.75) is 52.6 Å². The Morgan fingerprint density at radius 3 is 2.65 bits per heavy atom. The maximum atomic E-state index is 4.68. The number of hydrogen-bond donors (Lipinski definition) is 1. The van der Waals surface area contributed by atoms with Crippen LogP contribution in [0.25, 0.3) is 0 Å². The summed E-state index contributed by atoms with van der Waals surface area (Å²) >= 11 is 1.75. The fraction of sp³-hybridized carbons (Fsp3) is 0.769. The monoisotopic (exact) mass is 255 g/mol. The Labute approximate surface area is 109 Å². The van der Waals surface area contributed by atoms with Crippen LogP contribution in [0.2, 0.25) is 0 Å². The molecule has 0 amide bonds. The summed E-state index contributed by atoms with van der Waals surface area (Å²) < 4.78 is 0. The molecular weight excluding hydrogens is 230 g/mol. The smallest absolute Gasteiger partial charge is 0.185 e. The van der Waals surface area contributed by atoms with E-state index in [1.165, 1.54) is 19.3 Å². The van der Waals surface area contributed by atoms with Crippen LogP contribution in [0.3, 0.4) is 0 Å². The van der Waals surface area contributed by atoms with E-state index in [1.807, 2.05) is 0 Å². The van der Waals surface area contributed by atoms with E-state index in [2.05, 4.69) is 48.4 Å². The van der Waals surface area contributed by atoms with Crippen molar-refractivity contribution in [3.05, 3.63) is 11.1 Å². The van der Waals surface area contributed by atoms with Crippen molar-refractivity contribution < 1.29 is 0 Å². The summed E-state index contributed by atoms with van der Waals surface area (Å²) in [5, 5.41) is 6.70. The second kappa shape index (κ2) is 7.67. The Hall–Kier alpha value is -0.610. The van der Waals surface area contributed by atoms with Gasteiger partial charge in [0.2, 0.25) is 0 Å². The normalized spacial score (nSPS) is 11.1. The van der Waals surface area contributed by atoms with Crippen LogP contribution in [0.15, 0.2) is 5.38 Å². The average molecular weight is 255 g/mol. The number of hydrogen-bond acceptors (Lipinski definition) is 4. The molecule has 0 unspecified atom stereocenters. The summed E-state index contributed by atoms with van der Waals surface area (Å²) in [5.74, 6) is 0. The minimum atomic E-state index is 0.609. The number of anilines is 1. The van der Waals surface area contributed by atoms with E-state index in [1.54, 1.807) is 11.3 Å². The lowest BCUT2D eigenvalue weighted by atomic mass is 10.1. The van der Waals surface area contributed by atoms with Gasteiger partial charge in [-0.2, -0.15) is 0 Å². The van der Waals surface area contributed by atoms with Crippen molar-refractivity contribution in [1.29, 1.82) is 0 Å². The summed E-state index contributed by atoms with van der Waals surface area (Å²) in [6, 6.07) is 0.609. The largest absolute Gasteiger partial charge is 0.348 e. The fourth-order valence-electron chi connectivity index (χ4n) is 1.93. The fourth-order valence-corrected chi connectivity index (χ4v) is 2.79. The summed E-state index contributed by atoms with van der Waals surface area (Å²) in [6.45, 7) is 8.61. The third-order valence-corrected chi connectivity index (χ3v) is 4.04. The van der Waals surface area contributed by atoms with E-state index in [0.29, 0.717) is 6.04 Å². The SMILES string of the molecule is CCCNCc1csc(N(C)C(CC)CC)n1. The van der Waals surface area contributed by atoms with Crippen molar-refractivity contribution >= 4 is 16.5 Å². The van der Waals surface area contributed by atoms with Gasteiger partial charge in [-0.1, -0.05) is 20.8 Å². The van der Waals surface area contributed by atoms with E-state index in [9.17, 15) is 0 Å². The van der Waals surface area contributed by atoms with Crippen LogP contribution in [0.5, 0.6) is 0 Å². The quantitative estimate of drug-likeness (QED) is 0.723. The van der Waals surface area contributed by atoms with Crippen LogP contribution in [-0.2, 0) is 6.54 Å². The first kappa shape index (κ1) is 14.5. The van der Waals surface area contributed by atoms with Crippen LogP contribution >= 0.6 is 11.3 Å². The minimum absolute atomic E-state index is 0.609. The molecule has 0 saturated heterocycles. The molecule has 1 rings (SSSR count). The maximum Gasteiger partial charge on any atom is 0.185 e. The van der Waals surface area contributed by atoms with Gasteiger partial charge in [-0.05, 0) is 25.8 Å². The molecule has 1 aromatic rings. The molecular formula is C13H25N3S. The van der Waals surface area contributed by atoms with Gasteiger partial charge in [-0.25, -0.2) is 4.98 Å². The highest BCUT2D eigenvalue weighted by molar-refractivity contribution is 7.13. The highest BCUT2D eigenvalue weighted by Gasteiger charge is 2.14. The molecule has 1 N–H and O–H groups in total. The van der Waals surface area contributed by atoms with Crippen molar-refractivity contribution in [3.8, 4) is 0 Å².